The predicted molar refractivity (Wildman–Crippen MR) is 109 cm³/mol. The quantitative estimate of drug-likeness (QED) is 0.415. The van der Waals surface area contributed by atoms with Gasteiger partial charge in [0, 0.05) is 23.3 Å². The highest BCUT2D eigenvalue weighted by atomic mass is 32.2. The molecule has 0 bridgehead atoms. The van der Waals surface area contributed by atoms with Gasteiger partial charge in [0.05, 0.1) is 28.8 Å². The number of aromatic nitrogens is 3. The van der Waals surface area contributed by atoms with Crippen LogP contribution in [-0.2, 0) is 14.8 Å². The number of nitrogens with zero attached hydrogens (tertiary/aromatic N) is 1. The van der Waals surface area contributed by atoms with Crippen molar-refractivity contribution in [2.45, 2.75) is 11.8 Å². The number of sulfonamides is 1. The summed E-state index contributed by atoms with van der Waals surface area (Å²) in [5, 5.41) is 0.638. The average Bonchev–Trinajstić information content (AvgIpc) is 3.13. The van der Waals surface area contributed by atoms with Crippen molar-refractivity contribution in [1.82, 2.24) is 15.0 Å². The van der Waals surface area contributed by atoms with Crippen LogP contribution in [0.3, 0.4) is 0 Å². The number of pyridine rings is 2. The molecule has 0 aliphatic carbocycles. The van der Waals surface area contributed by atoms with Gasteiger partial charge in [0.1, 0.15) is 5.52 Å². The van der Waals surface area contributed by atoms with Gasteiger partial charge in [-0.05, 0) is 37.3 Å². The summed E-state index contributed by atoms with van der Waals surface area (Å²) >= 11 is 0. The van der Waals surface area contributed by atoms with Crippen LogP contribution in [0.2, 0.25) is 0 Å². The maximum atomic E-state index is 12.8. The summed E-state index contributed by atoms with van der Waals surface area (Å²) in [7, 11) is -3.94. The van der Waals surface area contributed by atoms with E-state index in [2.05, 4.69) is 19.7 Å². The fourth-order valence-corrected chi connectivity index (χ4v) is 4.07. The summed E-state index contributed by atoms with van der Waals surface area (Å²) in [4.78, 5) is 33.3. The summed E-state index contributed by atoms with van der Waals surface area (Å²) in [6.07, 6.45) is 3.31. The third kappa shape index (κ3) is 3.57. The minimum absolute atomic E-state index is 0.0458. The zero-order valence-electron chi connectivity index (χ0n) is 15.6. The molecule has 0 fully saturated rings. The number of rotatable bonds is 5. The van der Waals surface area contributed by atoms with Crippen molar-refractivity contribution in [1.29, 1.82) is 0 Å². The maximum Gasteiger partial charge on any atom is 0.513 e. The van der Waals surface area contributed by atoms with E-state index in [0.717, 1.165) is 0 Å². The molecular formula is C19H16N4O6S. The van der Waals surface area contributed by atoms with Crippen LogP contribution in [0.1, 0.15) is 6.92 Å². The number of carbonyl (C=O) groups excluding carboxylic acids is 1. The molecule has 0 saturated carbocycles. The number of H-pyrrole nitrogens is 2. The Kier molecular flexibility index (Phi) is 4.88. The molecule has 0 spiro atoms. The van der Waals surface area contributed by atoms with Crippen molar-refractivity contribution >= 4 is 43.7 Å². The Morgan fingerprint density at radius 2 is 2.10 bits per heavy atom. The Morgan fingerprint density at radius 1 is 1.27 bits per heavy atom. The van der Waals surface area contributed by atoms with Gasteiger partial charge >= 0.3 is 6.16 Å². The van der Waals surface area contributed by atoms with Gasteiger partial charge in [0.15, 0.2) is 5.75 Å². The molecule has 4 aromatic rings. The lowest BCUT2D eigenvalue weighted by molar-refractivity contribution is 0.105. The van der Waals surface area contributed by atoms with Gasteiger partial charge in [0.25, 0.3) is 15.6 Å². The molecule has 0 aliphatic rings. The Morgan fingerprint density at radius 3 is 2.83 bits per heavy atom. The number of carbonyl (C=O) groups is 1. The van der Waals surface area contributed by atoms with Crippen LogP contribution >= 0.6 is 0 Å². The summed E-state index contributed by atoms with van der Waals surface area (Å²) in [5.41, 5.74) is 0.371. The molecule has 0 unspecified atom stereocenters. The molecule has 0 atom stereocenters. The van der Waals surface area contributed by atoms with Crippen LogP contribution in [-0.4, -0.2) is 36.1 Å². The zero-order chi connectivity index (χ0) is 21.3. The largest absolute Gasteiger partial charge is 0.513 e. The number of hydrogen-bond acceptors (Lipinski definition) is 7. The topological polar surface area (TPSA) is 143 Å². The van der Waals surface area contributed by atoms with E-state index in [4.69, 9.17) is 9.47 Å². The van der Waals surface area contributed by atoms with Gasteiger partial charge in [-0.2, -0.15) is 0 Å². The van der Waals surface area contributed by atoms with Crippen LogP contribution in [0.15, 0.2) is 58.6 Å². The maximum absolute atomic E-state index is 12.8. The SMILES string of the molecule is CCOC(=O)Oc1c[nH]c2c(=O)[nH]c3ccc(S(=O)(=O)Nc4cccnc4)cc3c12. The van der Waals surface area contributed by atoms with Gasteiger partial charge < -0.3 is 19.4 Å². The third-order valence-corrected chi connectivity index (χ3v) is 5.64. The molecule has 154 valence electrons. The lowest BCUT2D eigenvalue weighted by atomic mass is 10.1. The summed E-state index contributed by atoms with van der Waals surface area (Å²) in [6, 6.07) is 7.39. The van der Waals surface area contributed by atoms with Gasteiger partial charge in [-0.25, -0.2) is 13.2 Å². The fourth-order valence-electron chi connectivity index (χ4n) is 3.00. The molecule has 1 aromatic carbocycles. The number of hydrogen-bond donors (Lipinski definition) is 3. The van der Waals surface area contributed by atoms with Crippen molar-refractivity contribution in [2.75, 3.05) is 11.3 Å². The highest BCUT2D eigenvalue weighted by molar-refractivity contribution is 7.92. The van der Waals surface area contributed by atoms with E-state index < -0.39 is 21.7 Å². The van der Waals surface area contributed by atoms with E-state index in [1.54, 1.807) is 19.1 Å². The Hall–Kier alpha value is -3.86. The van der Waals surface area contributed by atoms with Crippen molar-refractivity contribution in [2.24, 2.45) is 0 Å². The molecule has 0 amide bonds. The standard InChI is InChI=1S/C19H16N4O6S/c1-2-28-19(25)29-15-10-21-17-16(15)13-8-12(5-6-14(13)22-18(17)24)30(26,27)23-11-4-3-7-20-9-11/h3-10,21,23H,2H2,1H3,(H,22,24). The summed E-state index contributed by atoms with van der Waals surface area (Å²) in [6.45, 7) is 1.74. The molecule has 11 heteroatoms. The monoisotopic (exact) mass is 428 g/mol. The van der Waals surface area contributed by atoms with Gasteiger partial charge in [0.2, 0.25) is 0 Å². The number of ether oxygens (including phenoxy) is 2. The first-order valence-corrected chi connectivity index (χ1v) is 10.3. The van der Waals surface area contributed by atoms with E-state index in [-0.39, 0.29) is 28.2 Å². The molecule has 3 aromatic heterocycles. The zero-order valence-corrected chi connectivity index (χ0v) is 16.4. The number of nitrogens with one attached hydrogen (secondary N) is 3. The second-order valence-electron chi connectivity index (χ2n) is 6.20. The highest BCUT2D eigenvalue weighted by Gasteiger charge is 2.20. The normalized spacial score (nSPS) is 11.5. The summed E-state index contributed by atoms with van der Waals surface area (Å²) in [5.74, 6) is 0.0503. The molecular weight excluding hydrogens is 412 g/mol. The number of anilines is 1. The smallest absolute Gasteiger partial charge is 0.434 e. The second-order valence-corrected chi connectivity index (χ2v) is 7.88. The first-order valence-electron chi connectivity index (χ1n) is 8.83. The second kappa shape index (κ2) is 7.52. The fraction of sp³-hybridized carbons (Fsp3) is 0.105. The van der Waals surface area contributed by atoms with E-state index >= 15 is 0 Å². The number of benzene rings is 1. The van der Waals surface area contributed by atoms with Crippen molar-refractivity contribution in [3.8, 4) is 5.75 Å². The molecule has 4 rings (SSSR count). The molecule has 10 nitrogen and oxygen atoms in total. The van der Waals surface area contributed by atoms with Crippen LogP contribution in [0, 0.1) is 0 Å². The van der Waals surface area contributed by atoms with Crippen LogP contribution < -0.4 is 15.0 Å². The lowest BCUT2D eigenvalue weighted by Crippen LogP contribution is -2.13. The Bertz CT molecular complexity index is 1410. The predicted octanol–water partition coefficient (Wildman–Crippen LogP) is 2.74. The van der Waals surface area contributed by atoms with E-state index in [0.29, 0.717) is 16.6 Å². The van der Waals surface area contributed by atoms with Crippen LogP contribution in [0.5, 0.6) is 5.75 Å². The van der Waals surface area contributed by atoms with Gasteiger partial charge in [-0.1, -0.05) is 0 Å². The molecule has 0 radical (unpaired) electrons. The Labute approximate surface area is 169 Å². The summed E-state index contributed by atoms with van der Waals surface area (Å²) < 4.78 is 38.0. The van der Waals surface area contributed by atoms with Crippen molar-refractivity contribution < 1.29 is 22.7 Å². The number of fused-ring (bicyclic) bond motifs is 3. The Balaban J connectivity index is 1.86. The molecule has 0 aliphatic heterocycles. The van der Waals surface area contributed by atoms with Crippen molar-refractivity contribution in [3.63, 3.8) is 0 Å². The third-order valence-electron chi connectivity index (χ3n) is 4.26. The minimum atomic E-state index is -3.94. The van der Waals surface area contributed by atoms with Gasteiger partial charge in [-0.15, -0.1) is 0 Å². The first kappa shape index (κ1) is 19.5. The van der Waals surface area contributed by atoms with E-state index in [1.807, 2.05) is 0 Å². The van der Waals surface area contributed by atoms with Crippen LogP contribution in [0.25, 0.3) is 21.8 Å². The first-order chi connectivity index (χ1) is 14.4. The number of aromatic amines is 2. The molecule has 0 saturated heterocycles. The molecule has 3 N–H and O–H groups in total. The van der Waals surface area contributed by atoms with Gasteiger partial charge in [-0.3, -0.25) is 14.5 Å². The molecule has 3 heterocycles. The lowest BCUT2D eigenvalue weighted by Gasteiger charge is -2.09. The van der Waals surface area contributed by atoms with E-state index in [1.165, 1.54) is 36.8 Å². The highest BCUT2D eigenvalue weighted by Crippen LogP contribution is 2.32. The molecule has 30 heavy (non-hydrogen) atoms. The van der Waals surface area contributed by atoms with E-state index in [9.17, 15) is 18.0 Å². The van der Waals surface area contributed by atoms with Crippen LogP contribution in [0.4, 0.5) is 10.5 Å². The van der Waals surface area contributed by atoms with Crippen molar-refractivity contribution in [3.05, 3.63) is 59.3 Å². The average molecular weight is 428 g/mol. The minimum Gasteiger partial charge on any atom is -0.434 e.